The Kier molecular flexibility index (Phi) is 4.14. The molecule has 23 heavy (non-hydrogen) atoms. The Labute approximate surface area is 134 Å². The molecule has 3 rings (SSSR count). The second-order valence-corrected chi connectivity index (χ2v) is 6.03. The fourth-order valence-corrected chi connectivity index (χ4v) is 2.87. The van der Waals surface area contributed by atoms with Crippen LogP contribution in [0.25, 0.3) is 11.3 Å². The number of nitrogens with zero attached hydrogens (tertiary/aromatic N) is 2. The highest BCUT2D eigenvalue weighted by molar-refractivity contribution is 5.94. The average Bonchev–Trinajstić information content (AvgIpc) is 3.05. The average molecular weight is 312 g/mol. The zero-order chi connectivity index (χ0) is 16.4. The molecule has 1 saturated heterocycles. The number of aromatic amines is 1. The van der Waals surface area contributed by atoms with Gasteiger partial charge in [0, 0.05) is 18.7 Å². The number of carbonyl (C=O) groups is 2. The first-order valence-corrected chi connectivity index (χ1v) is 7.75. The molecule has 0 spiro atoms. The molecule has 6 heteroatoms. The number of likely N-dealkylation sites (tertiary alicyclic amines) is 1. The van der Waals surface area contributed by atoms with Gasteiger partial charge in [-0.2, -0.15) is 5.10 Å². The van der Waals surface area contributed by atoms with Crippen molar-refractivity contribution in [3.8, 4) is 11.3 Å². The molecule has 0 bridgehead atoms. The lowest BCUT2D eigenvalue weighted by atomic mass is 9.97. The van der Waals surface area contributed by atoms with Crippen molar-refractivity contribution in [2.24, 2.45) is 11.7 Å². The van der Waals surface area contributed by atoms with Gasteiger partial charge in [0.2, 0.25) is 5.91 Å². The summed E-state index contributed by atoms with van der Waals surface area (Å²) in [6.45, 7) is 3.04. The van der Waals surface area contributed by atoms with Crippen molar-refractivity contribution in [3.63, 3.8) is 0 Å². The van der Waals surface area contributed by atoms with Gasteiger partial charge in [-0.3, -0.25) is 14.7 Å². The topological polar surface area (TPSA) is 92.1 Å². The molecule has 1 aromatic carbocycles. The van der Waals surface area contributed by atoms with Crippen LogP contribution in [0.3, 0.4) is 0 Å². The molecule has 1 aliphatic rings. The van der Waals surface area contributed by atoms with Crippen molar-refractivity contribution in [2.75, 3.05) is 13.1 Å². The van der Waals surface area contributed by atoms with Crippen LogP contribution in [-0.2, 0) is 4.79 Å². The number of hydrogen-bond donors (Lipinski definition) is 2. The van der Waals surface area contributed by atoms with Gasteiger partial charge in [-0.1, -0.05) is 29.8 Å². The van der Waals surface area contributed by atoms with E-state index in [0.29, 0.717) is 18.8 Å². The third kappa shape index (κ3) is 3.26. The number of rotatable bonds is 3. The lowest BCUT2D eigenvalue weighted by Gasteiger charge is -2.30. The second kappa shape index (κ2) is 6.24. The number of aryl methyl sites for hydroxylation is 1. The molecule has 1 fully saturated rings. The second-order valence-electron chi connectivity index (χ2n) is 6.03. The van der Waals surface area contributed by atoms with Gasteiger partial charge in [0.1, 0.15) is 5.69 Å². The number of nitrogens with one attached hydrogen (secondary N) is 1. The highest BCUT2D eigenvalue weighted by Gasteiger charge is 2.28. The molecule has 3 N–H and O–H groups in total. The quantitative estimate of drug-likeness (QED) is 0.904. The summed E-state index contributed by atoms with van der Waals surface area (Å²) in [5.74, 6) is -0.735. The van der Waals surface area contributed by atoms with Gasteiger partial charge in [0.25, 0.3) is 5.91 Å². The number of carbonyl (C=O) groups excluding carboxylic acids is 2. The lowest BCUT2D eigenvalue weighted by Crippen LogP contribution is -2.44. The van der Waals surface area contributed by atoms with Crippen LogP contribution in [0.5, 0.6) is 0 Å². The molecular formula is C17H20N4O2. The third-order valence-electron chi connectivity index (χ3n) is 4.27. The Morgan fingerprint density at radius 3 is 2.74 bits per heavy atom. The third-order valence-corrected chi connectivity index (χ3v) is 4.27. The van der Waals surface area contributed by atoms with E-state index in [9.17, 15) is 9.59 Å². The van der Waals surface area contributed by atoms with E-state index in [2.05, 4.69) is 10.2 Å². The summed E-state index contributed by atoms with van der Waals surface area (Å²) in [6.07, 6.45) is 1.54. The van der Waals surface area contributed by atoms with E-state index in [0.717, 1.165) is 24.1 Å². The monoisotopic (exact) mass is 312 g/mol. The Balaban J connectivity index is 1.75. The lowest BCUT2D eigenvalue weighted by molar-refractivity contribution is -0.123. The molecule has 120 valence electrons. The van der Waals surface area contributed by atoms with Crippen LogP contribution in [0.1, 0.15) is 28.9 Å². The predicted molar refractivity (Wildman–Crippen MR) is 86.6 cm³/mol. The molecule has 6 nitrogen and oxygen atoms in total. The number of benzene rings is 1. The van der Waals surface area contributed by atoms with E-state index in [1.807, 2.05) is 31.2 Å². The fourth-order valence-electron chi connectivity index (χ4n) is 2.87. The van der Waals surface area contributed by atoms with E-state index in [-0.39, 0.29) is 17.7 Å². The van der Waals surface area contributed by atoms with Crippen LogP contribution >= 0.6 is 0 Å². The maximum Gasteiger partial charge on any atom is 0.271 e. The number of primary amides is 1. The van der Waals surface area contributed by atoms with Crippen LogP contribution in [0.15, 0.2) is 30.3 Å². The van der Waals surface area contributed by atoms with Gasteiger partial charge >= 0.3 is 0 Å². The molecular weight excluding hydrogens is 292 g/mol. The summed E-state index contributed by atoms with van der Waals surface area (Å²) in [7, 11) is 0. The highest BCUT2D eigenvalue weighted by atomic mass is 16.2. The van der Waals surface area contributed by atoms with Crippen LogP contribution in [-0.4, -0.2) is 40.0 Å². The first-order valence-electron chi connectivity index (χ1n) is 7.75. The number of hydrogen-bond acceptors (Lipinski definition) is 3. The van der Waals surface area contributed by atoms with Gasteiger partial charge < -0.3 is 10.6 Å². The molecule has 1 atom stereocenters. The maximum absolute atomic E-state index is 12.6. The van der Waals surface area contributed by atoms with Gasteiger partial charge in [0.05, 0.1) is 11.6 Å². The van der Waals surface area contributed by atoms with Crippen molar-refractivity contribution in [1.29, 1.82) is 0 Å². The largest absolute Gasteiger partial charge is 0.369 e. The summed E-state index contributed by atoms with van der Waals surface area (Å²) >= 11 is 0. The molecule has 1 aromatic heterocycles. The van der Waals surface area contributed by atoms with Gasteiger partial charge in [-0.05, 0) is 25.8 Å². The van der Waals surface area contributed by atoms with Crippen molar-refractivity contribution in [3.05, 3.63) is 41.6 Å². The summed E-state index contributed by atoms with van der Waals surface area (Å²) < 4.78 is 0. The summed E-state index contributed by atoms with van der Waals surface area (Å²) in [5.41, 5.74) is 8.66. The van der Waals surface area contributed by atoms with Crippen LogP contribution < -0.4 is 5.73 Å². The minimum Gasteiger partial charge on any atom is -0.369 e. The molecule has 0 saturated carbocycles. The molecule has 2 amide bonds. The van der Waals surface area contributed by atoms with E-state index in [1.165, 1.54) is 5.56 Å². The first kappa shape index (κ1) is 15.3. The molecule has 0 aliphatic carbocycles. The number of aromatic nitrogens is 2. The Morgan fingerprint density at radius 2 is 2.04 bits per heavy atom. The Hall–Kier alpha value is -2.63. The Bertz CT molecular complexity index is 720. The fraction of sp³-hybridized carbons (Fsp3) is 0.353. The zero-order valence-electron chi connectivity index (χ0n) is 13.1. The normalized spacial score (nSPS) is 18.0. The Morgan fingerprint density at radius 1 is 1.30 bits per heavy atom. The van der Waals surface area contributed by atoms with Crippen molar-refractivity contribution < 1.29 is 9.59 Å². The van der Waals surface area contributed by atoms with Crippen LogP contribution in [0, 0.1) is 12.8 Å². The molecule has 1 aliphatic heterocycles. The molecule has 2 heterocycles. The summed E-state index contributed by atoms with van der Waals surface area (Å²) in [5, 5.41) is 7.02. The van der Waals surface area contributed by atoms with E-state index in [4.69, 9.17) is 5.73 Å². The van der Waals surface area contributed by atoms with Gasteiger partial charge in [-0.25, -0.2) is 0 Å². The number of H-pyrrole nitrogens is 1. The first-order chi connectivity index (χ1) is 11.0. The molecule has 0 unspecified atom stereocenters. The predicted octanol–water partition coefficient (Wildman–Crippen LogP) is 1.72. The smallest absolute Gasteiger partial charge is 0.271 e. The molecule has 0 radical (unpaired) electrons. The van der Waals surface area contributed by atoms with Crippen LogP contribution in [0.4, 0.5) is 0 Å². The summed E-state index contributed by atoms with van der Waals surface area (Å²) in [6, 6.07) is 9.72. The zero-order valence-corrected chi connectivity index (χ0v) is 13.1. The minimum atomic E-state index is -0.340. The maximum atomic E-state index is 12.6. The SMILES string of the molecule is Cc1ccc(-c2cc(C(=O)N3CCC[C@@H](C(N)=O)C3)[nH]n2)cc1. The van der Waals surface area contributed by atoms with E-state index in [1.54, 1.807) is 11.0 Å². The minimum absolute atomic E-state index is 0.137. The molecule has 2 aromatic rings. The van der Waals surface area contributed by atoms with E-state index >= 15 is 0 Å². The van der Waals surface area contributed by atoms with Gasteiger partial charge in [0.15, 0.2) is 0 Å². The van der Waals surface area contributed by atoms with Crippen molar-refractivity contribution in [2.45, 2.75) is 19.8 Å². The standard InChI is InChI=1S/C17H20N4O2/c1-11-4-6-12(7-5-11)14-9-15(20-19-14)17(23)21-8-2-3-13(10-21)16(18)22/h4-7,9,13H,2-3,8,10H2,1H3,(H2,18,22)(H,19,20)/t13-/m1/s1. The number of amides is 2. The van der Waals surface area contributed by atoms with Crippen molar-refractivity contribution >= 4 is 11.8 Å². The van der Waals surface area contributed by atoms with Crippen LogP contribution in [0.2, 0.25) is 0 Å². The highest BCUT2D eigenvalue weighted by Crippen LogP contribution is 2.21. The number of nitrogens with two attached hydrogens (primary N) is 1. The van der Waals surface area contributed by atoms with E-state index < -0.39 is 0 Å². The summed E-state index contributed by atoms with van der Waals surface area (Å²) in [4.78, 5) is 25.6. The van der Waals surface area contributed by atoms with Crippen molar-refractivity contribution in [1.82, 2.24) is 15.1 Å². The van der Waals surface area contributed by atoms with Gasteiger partial charge in [-0.15, -0.1) is 0 Å². The number of piperidine rings is 1.